The molecule has 0 radical (unpaired) electrons. The summed E-state index contributed by atoms with van der Waals surface area (Å²) < 4.78 is 4.92. The van der Waals surface area contributed by atoms with Crippen LogP contribution in [0, 0.1) is 5.92 Å². The van der Waals surface area contributed by atoms with E-state index in [2.05, 4.69) is 10.6 Å². The van der Waals surface area contributed by atoms with E-state index >= 15 is 0 Å². The number of nitrogens with one attached hydrogen (secondary N) is 2. The van der Waals surface area contributed by atoms with Crippen molar-refractivity contribution in [3.8, 4) is 0 Å². The highest BCUT2D eigenvalue weighted by atomic mass is 16.5. The summed E-state index contributed by atoms with van der Waals surface area (Å²) >= 11 is 0. The van der Waals surface area contributed by atoms with Crippen LogP contribution in [0.5, 0.6) is 0 Å². The highest BCUT2D eigenvalue weighted by Gasteiger charge is 2.26. The van der Waals surface area contributed by atoms with Crippen molar-refractivity contribution >= 4 is 45.7 Å². The fourth-order valence-corrected chi connectivity index (χ4v) is 3.28. The van der Waals surface area contributed by atoms with E-state index in [4.69, 9.17) is 4.74 Å². The fraction of sp³-hybridized carbons (Fsp3) is 0.200. The number of hydrogen-bond acceptors (Lipinski definition) is 5. The average molecular weight is 432 g/mol. The van der Waals surface area contributed by atoms with Crippen molar-refractivity contribution in [1.82, 2.24) is 0 Å². The van der Waals surface area contributed by atoms with Gasteiger partial charge in [0.1, 0.15) is 11.7 Å². The van der Waals surface area contributed by atoms with Crippen molar-refractivity contribution < 1.29 is 23.9 Å². The molecule has 3 aromatic rings. The van der Waals surface area contributed by atoms with Crippen LogP contribution in [-0.4, -0.2) is 30.2 Å². The van der Waals surface area contributed by atoms with E-state index in [0.29, 0.717) is 16.9 Å². The molecule has 0 spiro atoms. The number of rotatable bonds is 8. The largest absolute Gasteiger partial charge is 0.462 e. The van der Waals surface area contributed by atoms with E-state index in [-0.39, 0.29) is 13.0 Å². The molecular weight excluding hydrogens is 408 g/mol. The molecule has 3 aromatic carbocycles. The molecule has 1 atom stereocenters. The van der Waals surface area contributed by atoms with Crippen molar-refractivity contribution in [3.63, 3.8) is 0 Å². The predicted octanol–water partition coefficient (Wildman–Crippen LogP) is 4.19. The number of carbonyl (C=O) groups is 4. The van der Waals surface area contributed by atoms with Gasteiger partial charge in [0.05, 0.1) is 12.2 Å². The van der Waals surface area contributed by atoms with Gasteiger partial charge in [0.15, 0.2) is 0 Å². The number of fused-ring (bicyclic) bond motifs is 1. The van der Waals surface area contributed by atoms with Gasteiger partial charge in [0.25, 0.3) is 0 Å². The van der Waals surface area contributed by atoms with Crippen LogP contribution in [0.15, 0.2) is 66.7 Å². The molecule has 1 unspecified atom stereocenters. The Morgan fingerprint density at radius 1 is 0.875 bits per heavy atom. The zero-order valence-corrected chi connectivity index (χ0v) is 17.9. The zero-order valence-electron chi connectivity index (χ0n) is 17.9. The molecule has 7 heteroatoms. The number of anilines is 2. The number of ether oxygens (including phenoxy) is 1. The van der Waals surface area contributed by atoms with Crippen LogP contribution in [0.4, 0.5) is 11.4 Å². The first-order chi connectivity index (χ1) is 15.4. The number of Topliss-reactive ketones (excluding diaryl/α,β-unsaturated/α-hetero) is 1. The first kappa shape index (κ1) is 22.7. The van der Waals surface area contributed by atoms with Gasteiger partial charge in [-0.15, -0.1) is 0 Å². The number of carbonyl (C=O) groups excluding carboxylic acids is 4. The first-order valence-electron chi connectivity index (χ1n) is 10.2. The zero-order chi connectivity index (χ0) is 23.1. The van der Waals surface area contributed by atoms with Crippen LogP contribution < -0.4 is 10.6 Å². The number of ketones is 1. The molecule has 0 aliphatic carbocycles. The summed E-state index contributed by atoms with van der Waals surface area (Å²) in [7, 11) is 0. The minimum absolute atomic E-state index is 0.262. The van der Waals surface area contributed by atoms with Crippen LogP contribution in [0.2, 0.25) is 0 Å². The molecule has 0 saturated carbocycles. The maximum absolute atomic E-state index is 12.7. The van der Waals surface area contributed by atoms with Crippen molar-refractivity contribution in [2.75, 3.05) is 17.2 Å². The van der Waals surface area contributed by atoms with Gasteiger partial charge >= 0.3 is 5.97 Å². The molecule has 7 nitrogen and oxygen atoms in total. The Hall–Kier alpha value is -4.00. The lowest BCUT2D eigenvalue weighted by Crippen LogP contribution is -2.32. The lowest BCUT2D eigenvalue weighted by molar-refractivity contribution is -0.133. The number of amides is 2. The van der Waals surface area contributed by atoms with E-state index < -0.39 is 29.5 Å². The minimum atomic E-state index is -1.14. The molecule has 0 saturated heterocycles. The number of esters is 1. The van der Waals surface area contributed by atoms with Crippen LogP contribution >= 0.6 is 0 Å². The van der Waals surface area contributed by atoms with Gasteiger partial charge in [0, 0.05) is 23.2 Å². The van der Waals surface area contributed by atoms with Gasteiger partial charge in [-0.1, -0.05) is 36.4 Å². The molecule has 0 aromatic heterocycles. The lowest BCUT2D eigenvalue weighted by atomic mass is 9.99. The molecule has 0 aliphatic heterocycles. The average Bonchev–Trinajstić information content (AvgIpc) is 2.78. The third kappa shape index (κ3) is 5.57. The van der Waals surface area contributed by atoms with E-state index in [1.165, 1.54) is 31.2 Å². The SMILES string of the molecule is CCOC(=O)c1ccc(NC(=O)C(CC(=O)Nc2cccc3ccccc23)C(C)=O)cc1. The summed E-state index contributed by atoms with van der Waals surface area (Å²) in [6.07, 6.45) is -0.286. The second-order valence-electron chi connectivity index (χ2n) is 7.23. The molecule has 0 fully saturated rings. The van der Waals surface area contributed by atoms with E-state index in [0.717, 1.165) is 10.8 Å². The molecular formula is C25H24N2O5. The first-order valence-corrected chi connectivity index (χ1v) is 10.2. The monoisotopic (exact) mass is 432 g/mol. The normalized spacial score (nSPS) is 11.4. The van der Waals surface area contributed by atoms with Gasteiger partial charge in [-0.2, -0.15) is 0 Å². The van der Waals surface area contributed by atoms with Crippen molar-refractivity contribution in [3.05, 3.63) is 72.3 Å². The van der Waals surface area contributed by atoms with Crippen molar-refractivity contribution in [2.45, 2.75) is 20.3 Å². The fourth-order valence-electron chi connectivity index (χ4n) is 3.28. The Morgan fingerprint density at radius 3 is 2.25 bits per heavy atom. The van der Waals surface area contributed by atoms with Gasteiger partial charge in [0.2, 0.25) is 11.8 Å². The Kier molecular flexibility index (Phi) is 7.33. The van der Waals surface area contributed by atoms with Gasteiger partial charge in [-0.05, 0) is 49.6 Å². The molecule has 3 rings (SSSR count). The maximum Gasteiger partial charge on any atom is 0.338 e. The second-order valence-corrected chi connectivity index (χ2v) is 7.23. The number of benzene rings is 3. The smallest absolute Gasteiger partial charge is 0.338 e. The third-order valence-electron chi connectivity index (χ3n) is 4.92. The molecule has 0 aliphatic rings. The van der Waals surface area contributed by atoms with Crippen LogP contribution in [0.25, 0.3) is 10.8 Å². The lowest BCUT2D eigenvalue weighted by Gasteiger charge is -2.15. The summed E-state index contributed by atoms with van der Waals surface area (Å²) in [5.41, 5.74) is 1.37. The molecule has 0 heterocycles. The van der Waals surface area contributed by atoms with Crippen LogP contribution in [0.1, 0.15) is 30.6 Å². The summed E-state index contributed by atoms with van der Waals surface area (Å²) in [4.78, 5) is 49.1. The standard InChI is InChI=1S/C25H24N2O5/c1-3-32-25(31)18-11-13-19(14-12-18)26-24(30)21(16(2)28)15-23(29)27-22-10-6-8-17-7-4-5-9-20(17)22/h4-14,21H,3,15H2,1-2H3,(H,26,30)(H,27,29). The number of hydrogen-bond donors (Lipinski definition) is 2. The van der Waals surface area contributed by atoms with Crippen molar-refractivity contribution in [2.24, 2.45) is 5.92 Å². The Labute approximate surface area is 185 Å². The second kappa shape index (κ2) is 10.3. The summed E-state index contributed by atoms with van der Waals surface area (Å²) in [5, 5.41) is 7.27. The van der Waals surface area contributed by atoms with E-state index in [9.17, 15) is 19.2 Å². The van der Waals surface area contributed by atoms with Crippen LogP contribution in [-0.2, 0) is 19.1 Å². The Balaban J connectivity index is 1.67. The van der Waals surface area contributed by atoms with E-state index in [1.54, 1.807) is 13.0 Å². The molecule has 0 bridgehead atoms. The molecule has 2 amide bonds. The Bertz CT molecular complexity index is 1150. The van der Waals surface area contributed by atoms with Gasteiger partial charge in [-0.3, -0.25) is 14.4 Å². The van der Waals surface area contributed by atoms with Crippen LogP contribution in [0.3, 0.4) is 0 Å². The maximum atomic E-state index is 12.7. The molecule has 32 heavy (non-hydrogen) atoms. The predicted molar refractivity (Wildman–Crippen MR) is 122 cm³/mol. The highest BCUT2D eigenvalue weighted by Crippen LogP contribution is 2.23. The third-order valence-corrected chi connectivity index (χ3v) is 4.92. The summed E-state index contributed by atoms with van der Waals surface area (Å²) in [6.45, 7) is 3.25. The van der Waals surface area contributed by atoms with Gasteiger partial charge < -0.3 is 15.4 Å². The topological polar surface area (TPSA) is 102 Å². The summed E-state index contributed by atoms with van der Waals surface area (Å²) in [6, 6.07) is 19.2. The summed E-state index contributed by atoms with van der Waals surface area (Å²) in [5.74, 6) is -3.05. The molecule has 164 valence electrons. The quantitative estimate of drug-likeness (QED) is 0.411. The Morgan fingerprint density at radius 2 is 1.56 bits per heavy atom. The minimum Gasteiger partial charge on any atom is -0.462 e. The molecule has 2 N–H and O–H groups in total. The van der Waals surface area contributed by atoms with E-state index in [1.807, 2.05) is 36.4 Å². The highest BCUT2D eigenvalue weighted by molar-refractivity contribution is 6.11. The van der Waals surface area contributed by atoms with Crippen molar-refractivity contribution in [1.29, 1.82) is 0 Å². The van der Waals surface area contributed by atoms with Gasteiger partial charge in [-0.25, -0.2) is 4.79 Å².